The molecule has 6 heteroatoms. The lowest BCUT2D eigenvalue weighted by Crippen LogP contribution is -2.02. The highest BCUT2D eigenvalue weighted by Gasteiger charge is 2.11. The SMILES string of the molecule is COc1ccc(C(=O)CSc2nc(-c3cccc(C)c3)ns2)cc1. The second-order valence-electron chi connectivity index (χ2n) is 5.19. The fourth-order valence-electron chi connectivity index (χ4n) is 2.16. The first-order valence-corrected chi connectivity index (χ1v) is 9.12. The lowest BCUT2D eigenvalue weighted by Gasteiger charge is -2.02. The highest BCUT2D eigenvalue weighted by Crippen LogP contribution is 2.26. The van der Waals surface area contributed by atoms with E-state index >= 15 is 0 Å². The number of Topliss-reactive ketones (excluding diaryl/α,β-unsaturated/α-hetero) is 1. The molecule has 1 aromatic heterocycles. The Balaban J connectivity index is 1.63. The van der Waals surface area contributed by atoms with Crippen LogP contribution in [0.25, 0.3) is 11.4 Å². The van der Waals surface area contributed by atoms with Gasteiger partial charge in [-0.15, -0.1) is 0 Å². The Labute approximate surface area is 149 Å². The molecule has 0 fully saturated rings. The van der Waals surface area contributed by atoms with Crippen molar-refractivity contribution in [2.45, 2.75) is 11.3 Å². The quantitative estimate of drug-likeness (QED) is 0.481. The van der Waals surface area contributed by atoms with Crippen molar-refractivity contribution in [3.8, 4) is 17.1 Å². The molecule has 0 N–H and O–H groups in total. The van der Waals surface area contributed by atoms with Crippen molar-refractivity contribution >= 4 is 29.1 Å². The van der Waals surface area contributed by atoms with Gasteiger partial charge < -0.3 is 4.74 Å². The molecular weight excluding hydrogens is 340 g/mol. The zero-order chi connectivity index (χ0) is 16.9. The molecule has 122 valence electrons. The molecule has 0 aliphatic carbocycles. The predicted octanol–water partition coefficient (Wildman–Crippen LogP) is 4.50. The summed E-state index contributed by atoms with van der Waals surface area (Å²) in [4.78, 5) is 16.7. The summed E-state index contributed by atoms with van der Waals surface area (Å²) in [5.74, 6) is 1.86. The number of rotatable bonds is 6. The molecule has 0 saturated carbocycles. The highest BCUT2D eigenvalue weighted by atomic mass is 32.2. The molecule has 3 rings (SSSR count). The first kappa shape index (κ1) is 16.7. The Morgan fingerprint density at radius 1 is 1.21 bits per heavy atom. The maximum absolute atomic E-state index is 12.2. The minimum absolute atomic E-state index is 0.0648. The normalized spacial score (nSPS) is 10.6. The Kier molecular flexibility index (Phi) is 5.27. The van der Waals surface area contributed by atoms with Crippen LogP contribution in [0.3, 0.4) is 0 Å². The maximum atomic E-state index is 12.2. The summed E-state index contributed by atoms with van der Waals surface area (Å²) in [5.41, 5.74) is 2.84. The molecule has 1 heterocycles. The van der Waals surface area contributed by atoms with Crippen molar-refractivity contribution in [2.75, 3.05) is 12.9 Å². The highest BCUT2D eigenvalue weighted by molar-refractivity contribution is 8.01. The number of aromatic nitrogens is 2. The third kappa shape index (κ3) is 4.01. The van der Waals surface area contributed by atoms with E-state index < -0.39 is 0 Å². The van der Waals surface area contributed by atoms with Gasteiger partial charge in [0.15, 0.2) is 15.9 Å². The number of thioether (sulfide) groups is 1. The van der Waals surface area contributed by atoms with Gasteiger partial charge in [-0.2, -0.15) is 4.37 Å². The molecular formula is C18H16N2O2S2. The van der Waals surface area contributed by atoms with Crippen LogP contribution in [0.15, 0.2) is 52.9 Å². The van der Waals surface area contributed by atoms with Crippen molar-refractivity contribution in [1.29, 1.82) is 0 Å². The van der Waals surface area contributed by atoms with Crippen LogP contribution in [-0.4, -0.2) is 28.0 Å². The molecule has 4 nitrogen and oxygen atoms in total. The summed E-state index contributed by atoms with van der Waals surface area (Å²) >= 11 is 2.74. The minimum Gasteiger partial charge on any atom is -0.497 e. The molecule has 3 aromatic rings. The van der Waals surface area contributed by atoms with Crippen LogP contribution in [-0.2, 0) is 0 Å². The number of aryl methyl sites for hydroxylation is 1. The van der Waals surface area contributed by atoms with Gasteiger partial charge in [-0.05, 0) is 48.8 Å². The zero-order valence-electron chi connectivity index (χ0n) is 13.4. The van der Waals surface area contributed by atoms with Gasteiger partial charge in [0.2, 0.25) is 0 Å². The third-order valence-corrected chi connectivity index (χ3v) is 5.26. The smallest absolute Gasteiger partial charge is 0.174 e. The lowest BCUT2D eigenvalue weighted by molar-refractivity contribution is 0.102. The van der Waals surface area contributed by atoms with Crippen molar-refractivity contribution in [1.82, 2.24) is 9.36 Å². The van der Waals surface area contributed by atoms with Crippen molar-refractivity contribution in [2.24, 2.45) is 0 Å². The van der Waals surface area contributed by atoms with Gasteiger partial charge >= 0.3 is 0 Å². The molecule has 0 aliphatic rings. The number of hydrogen-bond acceptors (Lipinski definition) is 6. The summed E-state index contributed by atoms with van der Waals surface area (Å²) in [6.07, 6.45) is 0. The zero-order valence-corrected chi connectivity index (χ0v) is 15.0. The molecule has 24 heavy (non-hydrogen) atoms. The number of benzene rings is 2. The van der Waals surface area contributed by atoms with Crippen LogP contribution in [0.5, 0.6) is 5.75 Å². The van der Waals surface area contributed by atoms with Gasteiger partial charge in [-0.3, -0.25) is 4.79 Å². The molecule has 2 aromatic carbocycles. The Hall–Kier alpha value is -2.18. The Morgan fingerprint density at radius 2 is 2.00 bits per heavy atom. The van der Waals surface area contributed by atoms with Crippen molar-refractivity contribution < 1.29 is 9.53 Å². The van der Waals surface area contributed by atoms with E-state index in [1.165, 1.54) is 28.9 Å². The number of nitrogens with zero attached hydrogens (tertiary/aromatic N) is 2. The number of ether oxygens (including phenoxy) is 1. The summed E-state index contributed by atoms with van der Waals surface area (Å²) in [6, 6.07) is 15.2. The molecule has 0 bridgehead atoms. The van der Waals surface area contributed by atoms with Gasteiger partial charge in [0, 0.05) is 11.1 Å². The monoisotopic (exact) mass is 356 g/mol. The second kappa shape index (κ2) is 7.59. The van der Waals surface area contributed by atoms with E-state index in [2.05, 4.69) is 15.4 Å². The summed E-state index contributed by atoms with van der Waals surface area (Å²) in [7, 11) is 1.61. The van der Waals surface area contributed by atoms with Crippen LogP contribution in [0.2, 0.25) is 0 Å². The molecule has 0 unspecified atom stereocenters. The summed E-state index contributed by atoms with van der Waals surface area (Å²) in [6.45, 7) is 2.04. The van der Waals surface area contributed by atoms with Crippen molar-refractivity contribution in [3.63, 3.8) is 0 Å². The minimum atomic E-state index is 0.0648. The number of carbonyl (C=O) groups is 1. The second-order valence-corrected chi connectivity index (χ2v) is 7.17. The lowest BCUT2D eigenvalue weighted by atomic mass is 10.1. The molecule has 0 atom stereocenters. The van der Waals surface area contributed by atoms with Crippen LogP contribution in [0.4, 0.5) is 0 Å². The first-order chi connectivity index (χ1) is 11.7. The molecule has 0 spiro atoms. The van der Waals surface area contributed by atoms with E-state index in [1.54, 1.807) is 31.4 Å². The van der Waals surface area contributed by atoms with E-state index in [4.69, 9.17) is 4.74 Å². The predicted molar refractivity (Wildman–Crippen MR) is 98.1 cm³/mol. The number of ketones is 1. The number of hydrogen-bond donors (Lipinski definition) is 0. The molecule has 0 saturated heterocycles. The maximum Gasteiger partial charge on any atom is 0.174 e. The molecule has 0 aliphatic heterocycles. The topological polar surface area (TPSA) is 52.1 Å². The first-order valence-electron chi connectivity index (χ1n) is 7.36. The van der Waals surface area contributed by atoms with Gasteiger partial charge in [-0.25, -0.2) is 4.98 Å². The average molecular weight is 356 g/mol. The van der Waals surface area contributed by atoms with Crippen LogP contribution in [0.1, 0.15) is 15.9 Å². The fourth-order valence-corrected chi connectivity index (χ4v) is 3.67. The molecule has 0 radical (unpaired) electrons. The van der Waals surface area contributed by atoms with Crippen LogP contribution in [0, 0.1) is 6.92 Å². The van der Waals surface area contributed by atoms with Gasteiger partial charge in [0.05, 0.1) is 12.9 Å². The number of methoxy groups -OCH3 is 1. The van der Waals surface area contributed by atoms with Gasteiger partial charge in [-0.1, -0.05) is 35.5 Å². The van der Waals surface area contributed by atoms with E-state index in [0.717, 1.165) is 15.7 Å². The Morgan fingerprint density at radius 3 is 2.71 bits per heavy atom. The molecule has 0 amide bonds. The fraction of sp³-hybridized carbons (Fsp3) is 0.167. The number of carbonyl (C=O) groups excluding carboxylic acids is 1. The average Bonchev–Trinajstić information content (AvgIpc) is 3.09. The van der Waals surface area contributed by atoms with Crippen molar-refractivity contribution in [3.05, 3.63) is 59.7 Å². The Bertz CT molecular complexity index is 844. The van der Waals surface area contributed by atoms with Gasteiger partial charge in [0.1, 0.15) is 5.75 Å². The summed E-state index contributed by atoms with van der Waals surface area (Å²) < 4.78 is 10.3. The van der Waals surface area contributed by atoms with E-state index in [1.807, 2.05) is 25.1 Å². The van der Waals surface area contributed by atoms with E-state index in [-0.39, 0.29) is 5.78 Å². The standard InChI is InChI=1S/C18H16N2O2S2/c1-12-4-3-5-14(10-12)17-19-18(24-20-17)23-11-16(21)13-6-8-15(22-2)9-7-13/h3-10H,11H2,1-2H3. The van der Waals surface area contributed by atoms with Crippen LogP contribution >= 0.6 is 23.3 Å². The van der Waals surface area contributed by atoms with Crippen LogP contribution < -0.4 is 4.74 Å². The van der Waals surface area contributed by atoms with E-state index in [0.29, 0.717) is 17.1 Å². The third-order valence-electron chi connectivity index (χ3n) is 3.42. The largest absolute Gasteiger partial charge is 0.497 e. The summed E-state index contributed by atoms with van der Waals surface area (Å²) in [5, 5.41) is 0. The van der Waals surface area contributed by atoms with E-state index in [9.17, 15) is 4.79 Å². The van der Waals surface area contributed by atoms with Gasteiger partial charge in [0.25, 0.3) is 0 Å².